The predicted molar refractivity (Wildman–Crippen MR) is 105 cm³/mol. The number of aryl methyl sites for hydroxylation is 2. The van der Waals surface area contributed by atoms with E-state index in [-0.39, 0.29) is 0 Å². The number of H-pyrrole nitrogens is 1. The van der Waals surface area contributed by atoms with Crippen molar-refractivity contribution in [2.75, 3.05) is 17.2 Å². The molecule has 4 rings (SSSR count). The minimum absolute atomic E-state index is 0.353. The molecule has 1 amide bonds. The highest BCUT2D eigenvalue weighted by atomic mass is 16.3. The second-order valence-electron chi connectivity index (χ2n) is 7.00. The van der Waals surface area contributed by atoms with Gasteiger partial charge in [0, 0.05) is 34.0 Å². The second-order valence-corrected chi connectivity index (χ2v) is 7.00. The number of fused-ring (bicyclic) bond motifs is 3. The van der Waals surface area contributed by atoms with Crippen LogP contribution < -0.4 is 10.6 Å². The number of aliphatic hydroxyl groups is 1. The lowest BCUT2D eigenvalue weighted by Crippen LogP contribution is -2.27. The molecule has 0 aliphatic heterocycles. The van der Waals surface area contributed by atoms with E-state index in [1.807, 2.05) is 24.3 Å². The van der Waals surface area contributed by atoms with Gasteiger partial charge in [0.05, 0.1) is 0 Å². The van der Waals surface area contributed by atoms with Crippen LogP contribution in [0.4, 0.5) is 11.4 Å². The Morgan fingerprint density at radius 2 is 2.08 bits per heavy atom. The van der Waals surface area contributed by atoms with E-state index in [9.17, 15) is 4.79 Å². The fourth-order valence-electron chi connectivity index (χ4n) is 3.78. The quantitative estimate of drug-likeness (QED) is 0.583. The van der Waals surface area contributed by atoms with Crippen LogP contribution in [0, 0.1) is 6.92 Å². The molecular formula is C21H23N3O2. The Morgan fingerprint density at radius 1 is 1.23 bits per heavy atom. The number of hydrogen-bond donors (Lipinski definition) is 4. The molecule has 1 aliphatic carbocycles. The van der Waals surface area contributed by atoms with Gasteiger partial charge in [-0.15, -0.1) is 0 Å². The fraction of sp³-hybridized carbons (Fsp3) is 0.286. The summed E-state index contributed by atoms with van der Waals surface area (Å²) in [5.41, 5.74) is 6.93. The Labute approximate surface area is 152 Å². The molecule has 1 aliphatic rings. The first-order chi connectivity index (χ1) is 12.6. The highest BCUT2D eigenvalue weighted by Gasteiger charge is 2.22. The van der Waals surface area contributed by atoms with Crippen molar-refractivity contribution in [3.63, 3.8) is 0 Å². The van der Waals surface area contributed by atoms with Crippen molar-refractivity contribution in [1.29, 1.82) is 0 Å². The molecule has 134 valence electrons. The number of carbonyl (C=O) groups excluding carboxylic acids is 1. The molecule has 0 fully saturated rings. The van der Waals surface area contributed by atoms with Crippen molar-refractivity contribution in [3.05, 3.63) is 59.3 Å². The third-order valence-electron chi connectivity index (χ3n) is 5.00. The maximum absolute atomic E-state index is 11.4. The Hall–Kier alpha value is -2.79. The Kier molecular flexibility index (Phi) is 4.39. The smallest absolute Gasteiger partial charge is 0.250 e. The number of benzene rings is 2. The molecule has 26 heavy (non-hydrogen) atoms. The Morgan fingerprint density at radius 3 is 2.92 bits per heavy atom. The van der Waals surface area contributed by atoms with Gasteiger partial charge < -0.3 is 20.7 Å². The summed E-state index contributed by atoms with van der Waals surface area (Å²) in [6.07, 6.45) is 3.07. The second kappa shape index (κ2) is 6.84. The van der Waals surface area contributed by atoms with Gasteiger partial charge in [-0.25, -0.2) is 0 Å². The average Bonchev–Trinajstić information content (AvgIpc) is 2.99. The lowest BCUT2D eigenvalue weighted by molar-refractivity contribution is -0.118. The molecule has 1 unspecified atom stereocenters. The topological polar surface area (TPSA) is 77.2 Å². The van der Waals surface area contributed by atoms with Gasteiger partial charge in [0.25, 0.3) is 0 Å². The number of carbonyl (C=O) groups is 1. The van der Waals surface area contributed by atoms with E-state index in [0.29, 0.717) is 11.7 Å². The molecule has 1 aromatic heterocycles. The van der Waals surface area contributed by atoms with E-state index in [1.165, 1.54) is 27.7 Å². The van der Waals surface area contributed by atoms with Crippen LogP contribution in [-0.4, -0.2) is 28.6 Å². The Bertz CT molecular complexity index is 961. The molecule has 5 heteroatoms. The standard InChI is InChI=1S/C21H23N3O2/c1-13-5-7-19-17(9-13)18-11-16(6-8-20(18)24-19)22-14-3-2-4-15(10-14)23-21(26)12-25/h2-5,7,9-10,16,22,24-25H,6,8,11-12H2,1H3,(H,23,26). The van der Waals surface area contributed by atoms with Gasteiger partial charge in [-0.05, 0) is 62.1 Å². The highest BCUT2D eigenvalue weighted by Crippen LogP contribution is 2.31. The van der Waals surface area contributed by atoms with Crippen LogP contribution in [0.15, 0.2) is 42.5 Å². The van der Waals surface area contributed by atoms with E-state index in [1.54, 1.807) is 0 Å². The van der Waals surface area contributed by atoms with Crippen LogP contribution in [0.5, 0.6) is 0 Å². The van der Waals surface area contributed by atoms with E-state index in [0.717, 1.165) is 24.9 Å². The number of anilines is 2. The van der Waals surface area contributed by atoms with Crippen molar-refractivity contribution >= 4 is 28.2 Å². The van der Waals surface area contributed by atoms with Gasteiger partial charge >= 0.3 is 0 Å². The number of amides is 1. The van der Waals surface area contributed by atoms with Crippen LogP contribution in [0.1, 0.15) is 23.2 Å². The summed E-state index contributed by atoms with van der Waals surface area (Å²) in [5, 5.41) is 16.5. The highest BCUT2D eigenvalue weighted by molar-refractivity contribution is 5.92. The molecule has 0 saturated heterocycles. The summed E-state index contributed by atoms with van der Waals surface area (Å²) < 4.78 is 0. The van der Waals surface area contributed by atoms with Crippen molar-refractivity contribution in [2.45, 2.75) is 32.2 Å². The molecule has 1 heterocycles. The first kappa shape index (κ1) is 16.7. The molecule has 0 spiro atoms. The summed E-state index contributed by atoms with van der Waals surface area (Å²) in [4.78, 5) is 14.9. The molecular weight excluding hydrogens is 326 g/mol. The molecule has 5 nitrogen and oxygen atoms in total. The molecule has 4 N–H and O–H groups in total. The maximum atomic E-state index is 11.4. The van der Waals surface area contributed by atoms with Crippen LogP contribution in [0.25, 0.3) is 10.9 Å². The number of aromatic amines is 1. The van der Waals surface area contributed by atoms with Crippen molar-refractivity contribution in [1.82, 2.24) is 4.98 Å². The Balaban J connectivity index is 1.52. The summed E-state index contributed by atoms with van der Waals surface area (Å²) in [5.74, 6) is -0.404. The number of hydrogen-bond acceptors (Lipinski definition) is 3. The minimum atomic E-state index is -0.511. The predicted octanol–water partition coefficient (Wildman–Crippen LogP) is 3.38. The van der Waals surface area contributed by atoms with Crippen LogP contribution in [-0.2, 0) is 17.6 Å². The first-order valence-electron chi connectivity index (χ1n) is 9.00. The lowest BCUT2D eigenvalue weighted by atomic mass is 9.91. The van der Waals surface area contributed by atoms with Gasteiger partial charge in [0.2, 0.25) is 5.91 Å². The zero-order valence-electron chi connectivity index (χ0n) is 14.8. The third-order valence-corrected chi connectivity index (χ3v) is 5.00. The van der Waals surface area contributed by atoms with Crippen LogP contribution >= 0.6 is 0 Å². The summed E-state index contributed by atoms with van der Waals surface area (Å²) in [6.45, 7) is 1.62. The van der Waals surface area contributed by atoms with E-state index in [2.05, 4.69) is 40.7 Å². The van der Waals surface area contributed by atoms with Crippen LogP contribution in [0.2, 0.25) is 0 Å². The average molecular weight is 349 g/mol. The minimum Gasteiger partial charge on any atom is -0.387 e. The number of rotatable bonds is 4. The summed E-state index contributed by atoms with van der Waals surface area (Å²) >= 11 is 0. The van der Waals surface area contributed by atoms with Gasteiger partial charge in [0.1, 0.15) is 6.61 Å². The van der Waals surface area contributed by atoms with Crippen molar-refractivity contribution in [2.24, 2.45) is 0 Å². The largest absolute Gasteiger partial charge is 0.387 e. The third kappa shape index (κ3) is 3.30. The summed E-state index contributed by atoms with van der Waals surface area (Å²) in [7, 11) is 0. The van der Waals surface area contributed by atoms with E-state index >= 15 is 0 Å². The van der Waals surface area contributed by atoms with E-state index in [4.69, 9.17) is 5.11 Å². The normalized spacial score (nSPS) is 16.3. The monoisotopic (exact) mass is 349 g/mol. The fourth-order valence-corrected chi connectivity index (χ4v) is 3.78. The van der Waals surface area contributed by atoms with Crippen molar-refractivity contribution < 1.29 is 9.90 Å². The molecule has 0 radical (unpaired) electrons. The SMILES string of the molecule is Cc1ccc2[nH]c3c(c2c1)CC(Nc1cccc(NC(=O)CO)c1)CC3. The molecule has 0 saturated carbocycles. The summed E-state index contributed by atoms with van der Waals surface area (Å²) in [6, 6.07) is 14.6. The number of aliphatic hydroxyl groups excluding tert-OH is 1. The molecule has 2 aromatic carbocycles. The maximum Gasteiger partial charge on any atom is 0.250 e. The number of aromatic nitrogens is 1. The van der Waals surface area contributed by atoms with Gasteiger partial charge in [-0.2, -0.15) is 0 Å². The molecule has 0 bridgehead atoms. The van der Waals surface area contributed by atoms with Gasteiger partial charge in [-0.1, -0.05) is 17.7 Å². The van der Waals surface area contributed by atoms with Crippen molar-refractivity contribution in [3.8, 4) is 0 Å². The lowest BCUT2D eigenvalue weighted by Gasteiger charge is -2.25. The number of nitrogens with one attached hydrogen (secondary N) is 3. The molecule has 3 aromatic rings. The van der Waals surface area contributed by atoms with Gasteiger partial charge in [-0.3, -0.25) is 4.79 Å². The zero-order chi connectivity index (χ0) is 18.1. The zero-order valence-corrected chi connectivity index (χ0v) is 14.8. The first-order valence-corrected chi connectivity index (χ1v) is 9.00. The molecule has 1 atom stereocenters. The van der Waals surface area contributed by atoms with E-state index < -0.39 is 12.5 Å². The van der Waals surface area contributed by atoms with Gasteiger partial charge in [0.15, 0.2) is 0 Å². The van der Waals surface area contributed by atoms with Crippen LogP contribution in [0.3, 0.4) is 0 Å².